The molecule has 0 aliphatic rings. The molecule has 0 atom stereocenters. The molecule has 0 saturated heterocycles. The minimum atomic E-state index is 0.336. The number of aromatic nitrogens is 2. The van der Waals surface area contributed by atoms with Gasteiger partial charge in [0.15, 0.2) is 5.90 Å². The molecule has 0 spiro atoms. The first-order valence-electron chi connectivity index (χ1n) is 7.71. The molecule has 0 amide bonds. The van der Waals surface area contributed by atoms with Gasteiger partial charge < -0.3 is 10.5 Å². The summed E-state index contributed by atoms with van der Waals surface area (Å²) in [6, 6.07) is 7.48. The second-order valence-electron chi connectivity index (χ2n) is 4.88. The Hall–Kier alpha value is -2.14. The lowest BCUT2D eigenvalue weighted by Crippen LogP contribution is -2.05. The van der Waals surface area contributed by atoms with E-state index in [2.05, 4.69) is 15.0 Å². The number of rotatable bonds is 5. The fourth-order valence-corrected chi connectivity index (χ4v) is 2.37. The quantitative estimate of drug-likeness (QED) is 0.649. The average Bonchev–Trinajstić information content (AvgIpc) is 2.55. The van der Waals surface area contributed by atoms with Crippen molar-refractivity contribution in [2.45, 2.75) is 33.6 Å². The Labute approximate surface area is 141 Å². The molecular weight excluding hydrogens is 312 g/mol. The maximum atomic E-state index is 6.16. The van der Waals surface area contributed by atoms with Crippen LogP contribution in [-0.2, 0) is 11.2 Å². The number of aryl methyl sites for hydroxylation is 1. The van der Waals surface area contributed by atoms with E-state index in [4.69, 9.17) is 22.1 Å². The first-order valence-corrected chi connectivity index (χ1v) is 8.09. The van der Waals surface area contributed by atoms with Gasteiger partial charge in [0.1, 0.15) is 5.82 Å². The predicted molar refractivity (Wildman–Crippen MR) is 95.3 cm³/mol. The summed E-state index contributed by atoms with van der Waals surface area (Å²) in [5.74, 6) is 1.35. The van der Waals surface area contributed by atoms with Crippen molar-refractivity contribution in [3.8, 4) is 11.1 Å². The molecule has 0 unspecified atom stereocenters. The lowest BCUT2D eigenvalue weighted by atomic mass is 10.0. The second kappa shape index (κ2) is 7.92. The number of benzene rings is 1. The first kappa shape index (κ1) is 17.2. The van der Waals surface area contributed by atoms with Gasteiger partial charge in [-0.1, -0.05) is 37.6 Å². The Morgan fingerprint density at radius 3 is 2.43 bits per heavy atom. The number of aliphatic imine (C=N–C) groups is 1. The number of halogens is 1. The lowest BCUT2D eigenvalue weighted by molar-refractivity contribution is 0.319. The molecular formula is C17H21ClN4O. The van der Waals surface area contributed by atoms with E-state index in [0.717, 1.165) is 23.2 Å². The van der Waals surface area contributed by atoms with Crippen molar-refractivity contribution in [2.75, 3.05) is 12.3 Å². The summed E-state index contributed by atoms with van der Waals surface area (Å²) >= 11 is 5.95. The number of ether oxygens (including phenoxy) is 1. The molecule has 2 N–H and O–H groups in total. The molecule has 0 fully saturated rings. The van der Waals surface area contributed by atoms with Gasteiger partial charge in [0.25, 0.3) is 5.95 Å². The van der Waals surface area contributed by atoms with Gasteiger partial charge in [-0.05, 0) is 31.0 Å². The number of hydrogen-bond donors (Lipinski definition) is 1. The van der Waals surface area contributed by atoms with E-state index in [-0.39, 0.29) is 0 Å². The van der Waals surface area contributed by atoms with Crippen LogP contribution in [0.3, 0.4) is 0 Å². The van der Waals surface area contributed by atoms with Gasteiger partial charge in [0, 0.05) is 17.0 Å². The summed E-state index contributed by atoms with van der Waals surface area (Å²) in [5, 5.41) is 0.678. The minimum Gasteiger partial charge on any atom is -0.481 e. The predicted octanol–water partition coefficient (Wildman–Crippen LogP) is 4.42. The van der Waals surface area contributed by atoms with Crippen LogP contribution in [0.1, 0.15) is 32.9 Å². The Morgan fingerprint density at radius 2 is 1.87 bits per heavy atom. The van der Waals surface area contributed by atoms with Crippen LogP contribution in [0, 0.1) is 0 Å². The zero-order valence-electron chi connectivity index (χ0n) is 13.6. The summed E-state index contributed by atoms with van der Waals surface area (Å²) in [6.07, 6.45) is 1.40. The number of nitrogen functional groups attached to an aromatic ring is 1. The van der Waals surface area contributed by atoms with Crippen molar-refractivity contribution < 1.29 is 4.74 Å². The smallest absolute Gasteiger partial charge is 0.254 e. The van der Waals surface area contributed by atoms with Crippen molar-refractivity contribution in [1.29, 1.82) is 0 Å². The fourth-order valence-electron chi connectivity index (χ4n) is 2.24. The minimum absolute atomic E-state index is 0.336. The van der Waals surface area contributed by atoms with Crippen molar-refractivity contribution in [3.63, 3.8) is 0 Å². The summed E-state index contributed by atoms with van der Waals surface area (Å²) in [5.41, 5.74) is 8.79. The summed E-state index contributed by atoms with van der Waals surface area (Å²) in [6.45, 7) is 6.48. The molecule has 1 aromatic carbocycles. The third kappa shape index (κ3) is 4.20. The largest absolute Gasteiger partial charge is 0.481 e. The Morgan fingerprint density at radius 1 is 1.17 bits per heavy atom. The highest BCUT2D eigenvalue weighted by Gasteiger charge is 2.13. The highest BCUT2D eigenvalue weighted by Crippen LogP contribution is 2.30. The molecule has 1 heterocycles. The van der Waals surface area contributed by atoms with Crippen LogP contribution in [0.15, 0.2) is 29.3 Å². The molecule has 6 heteroatoms. The standard InChI is InChI=1S/C17H21ClN4O/c1-4-13-15(11-7-9-12(18)10-8-11)16(19)22-17(20-13)21-14(5-2)23-6-3/h7-10H,4-6H2,1-3H3,(H2,19,20,22). The maximum Gasteiger partial charge on any atom is 0.254 e. The van der Waals surface area contributed by atoms with Crippen molar-refractivity contribution in [3.05, 3.63) is 35.0 Å². The van der Waals surface area contributed by atoms with Crippen molar-refractivity contribution >= 4 is 29.3 Å². The van der Waals surface area contributed by atoms with Gasteiger partial charge in [-0.2, -0.15) is 9.98 Å². The lowest BCUT2D eigenvalue weighted by Gasteiger charge is -2.11. The van der Waals surface area contributed by atoms with Gasteiger partial charge in [-0.3, -0.25) is 0 Å². The first-order chi connectivity index (χ1) is 11.1. The van der Waals surface area contributed by atoms with E-state index in [1.807, 2.05) is 45.0 Å². The average molecular weight is 333 g/mol. The molecule has 122 valence electrons. The molecule has 0 saturated carbocycles. The molecule has 1 aromatic heterocycles. The number of anilines is 1. The van der Waals surface area contributed by atoms with Crippen LogP contribution in [0.5, 0.6) is 0 Å². The van der Waals surface area contributed by atoms with Crippen molar-refractivity contribution in [1.82, 2.24) is 9.97 Å². The summed E-state index contributed by atoms with van der Waals surface area (Å²) in [4.78, 5) is 13.2. The van der Waals surface area contributed by atoms with E-state index >= 15 is 0 Å². The molecule has 5 nitrogen and oxygen atoms in total. The molecule has 0 bridgehead atoms. The monoisotopic (exact) mass is 332 g/mol. The Bertz CT molecular complexity index is 698. The van der Waals surface area contributed by atoms with Gasteiger partial charge in [0.2, 0.25) is 0 Å². The molecule has 0 radical (unpaired) electrons. The van der Waals surface area contributed by atoms with Gasteiger partial charge in [-0.15, -0.1) is 0 Å². The van der Waals surface area contributed by atoms with Crippen molar-refractivity contribution in [2.24, 2.45) is 4.99 Å². The van der Waals surface area contributed by atoms with Crippen LogP contribution in [0.4, 0.5) is 11.8 Å². The highest BCUT2D eigenvalue weighted by molar-refractivity contribution is 6.30. The third-order valence-electron chi connectivity index (χ3n) is 3.31. The summed E-state index contributed by atoms with van der Waals surface area (Å²) < 4.78 is 5.45. The van der Waals surface area contributed by atoms with Gasteiger partial charge in [0.05, 0.1) is 12.3 Å². The van der Waals surface area contributed by atoms with Crippen LogP contribution < -0.4 is 5.73 Å². The van der Waals surface area contributed by atoms with Crippen LogP contribution in [0.25, 0.3) is 11.1 Å². The van der Waals surface area contributed by atoms with Crippen LogP contribution >= 0.6 is 11.6 Å². The SMILES string of the molecule is CCOC(CC)=Nc1nc(N)c(-c2ccc(Cl)cc2)c(CC)n1. The van der Waals surface area contributed by atoms with Crippen LogP contribution in [0.2, 0.25) is 5.02 Å². The number of nitrogens with zero attached hydrogens (tertiary/aromatic N) is 3. The number of hydrogen-bond acceptors (Lipinski definition) is 5. The normalized spacial score (nSPS) is 11.6. The van der Waals surface area contributed by atoms with E-state index in [1.165, 1.54) is 0 Å². The molecule has 23 heavy (non-hydrogen) atoms. The molecule has 0 aliphatic heterocycles. The zero-order valence-corrected chi connectivity index (χ0v) is 14.4. The number of nitrogens with two attached hydrogens (primary N) is 1. The van der Waals surface area contributed by atoms with E-state index in [0.29, 0.717) is 35.7 Å². The Balaban J connectivity index is 2.49. The van der Waals surface area contributed by atoms with Gasteiger partial charge >= 0.3 is 0 Å². The third-order valence-corrected chi connectivity index (χ3v) is 3.56. The molecule has 2 rings (SSSR count). The second-order valence-corrected chi connectivity index (χ2v) is 5.32. The van der Waals surface area contributed by atoms with Crippen LogP contribution in [-0.4, -0.2) is 22.5 Å². The molecule has 0 aliphatic carbocycles. The fraction of sp³-hybridized carbons (Fsp3) is 0.353. The van der Waals surface area contributed by atoms with E-state index in [9.17, 15) is 0 Å². The summed E-state index contributed by atoms with van der Waals surface area (Å²) in [7, 11) is 0. The highest BCUT2D eigenvalue weighted by atomic mass is 35.5. The Kier molecular flexibility index (Phi) is 5.93. The topological polar surface area (TPSA) is 73.4 Å². The maximum absolute atomic E-state index is 6.16. The zero-order chi connectivity index (χ0) is 16.8. The van der Waals surface area contributed by atoms with E-state index < -0.39 is 0 Å². The van der Waals surface area contributed by atoms with E-state index in [1.54, 1.807) is 0 Å². The van der Waals surface area contributed by atoms with Gasteiger partial charge in [-0.25, -0.2) is 4.98 Å². The molecule has 2 aromatic rings.